The highest BCUT2D eigenvalue weighted by Crippen LogP contribution is 1.92. The maximum absolute atomic E-state index is 11.1. The smallest absolute Gasteiger partial charge is 0.410 e. The normalized spacial score (nSPS) is 8.40. The van der Waals surface area contributed by atoms with Gasteiger partial charge in [-0.2, -0.15) is 0 Å². The number of hydrogen-bond acceptors (Lipinski definition) is 4. The fourth-order valence-corrected chi connectivity index (χ4v) is 0.740. The van der Waals surface area contributed by atoms with Gasteiger partial charge in [0, 0.05) is 7.05 Å². The van der Waals surface area contributed by atoms with Crippen molar-refractivity contribution in [3.63, 3.8) is 0 Å². The summed E-state index contributed by atoms with van der Waals surface area (Å²) in [7, 11) is 1.54. The Labute approximate surface area is 96.0 Å². The number of rotatable bonds is 5. The fraction of sp³-hybridized carbons (Fsp3) is 0.556. The van der Waals surface area contributed by atoms with Crippen LogP contribution in [0.25, 0.3) is 0 Å². The third-order valence-electron chi connectivity index (χ3n) is 1.34. The summed E-state index contributed by atoms with van der Waals surface area (Å²) >= 11 is 0. The summed E-state index contributed by atoms with van der Waals surface area (Å²) in [6, 6.07) is 0. The molecule has 0 aliphatic heterocycles. The van der Waals surface area contributed by atoms with E-state index in [0.717, 1.165) is 0 Å². The first-order valence-electron chi connectivity index (χ1n) is 4.30. The lowest BCUT2D eigenvalue weighted by molar-refractivity contribution is 0.124. The minimum Gasteiger partial charge on any atom is -0.480 e. The molecule has 0 aromatic carbocycles. The second kappa shape index (κ2) is 9.33. The lowest BCUT2D eigenvalue weighted by atomic mass is 10.5. The topological polar surface area (TPSA) is 62.6 Å². The number of nitrogens with one attached hydrogen (secondary N) is 1. The average molecular weight is 237 g/mol. The van der Waals surface area contributed by atoms with Crippen LogP contribution in [0.15, 0.2) is 12.7 Å². The molecule has 0 saturated carbocycles. The second-order valence-corrected chi connectivity index (χ2v) is 2.58. The summed E-state index contributed by atoms with van der Waals surface area (Å²) in [6.07, 6.45) is 0.994. The lowest BCUT2D eigenvalue weighted by Gasteiger charge is -2.16. The Hall–Kier alpha value is -1.23. The fourth-order valence-electron chi connectivity index (χ4n) is 0.740. The molecule has 0 aromatic rings. The Kier molecular flexibility index (Phi) is 10.1. The number of amides is 1. The van der Waals surface area contributed by atoms with Crippen molar-refractivity contribution in [2.45, 2.75) is 6.92 Å². The van der Waals surface area contributed by atoms with E-state index in [-0.39, 0.29) is 31.5 Å². The van der Waals surface area contributed by atoms with Crippen LogP contribution in [-0.4, -0.2) is 43.7 Å². The molecule has 0 spiro atoms. The average Bonchev–Trinajstić information content (AvgIpc) is 2.14. The van der Waals surface area contributed by atoms with Crippen LogP contribution in [0.2, 0.25) is 0 Å². The number of hydrogen-bond donors (Lipinski definition) is 1. The van der Waals surface area contributed by atoms with E-state index in [9.17, 15) is 4.79 Å². The van der Waals surface area contributed by atoms with Crippen molar-refractivity contribution in [1.82, 2.24) is 4.90 Å². The summed E-state index contributed by atoms with van der Waals surface area (Å²) in [4.78, 5) is 12.4. The molecule has 0 aromatic heterocycles. The number of carbonyl (C=O) groups is 1. The Morgan fingerprint density at radius 3 is 2.60 bits per heavy atom. The van der Waals surface area contributed by atoms with E-state index in [1.54, 1.807) is 14.0 Å². The Balaban J connectivity index is 0. The van der Waals surface area contributed by atoms with E-state index in [1.807, 2.05) is 0 Å². The van der Waals surface area contributed by atoms with Gasteiger partial charge in [0.2, 0.25) is 5.90 Å². The number of ether oxygens (including phenoxy) is 2. The molecule has 0 heterocycles. The summed E-state index contributed by atoms with van der Waals surface area (Å²) in [6.45, 7) is 5.91. The van der Waals surface area contributed by atoms with Gasteiger partial charge in [-0.1, -0.05) is 12.7 Å². The molecule has 0 saturated heterocycles. The summed E-state index contributed by atoms with van der Waals surface area (Å²) in [5.41, 5.74) is 0. The molecule has 0 unspecified atom stereocenters. The van der Waals surface area contributed by atoms with Crippen molar-refractivity contribution in [2.75, 3.05) is 26.8 Å². The second-order valence-electron chi connectivity index (χ2n) is 2.58. The molecular weight excluding hydrogens is 220 g/mol. The van der Waals surface area contributed by atoms with Gasteiger partial charge in [0.25, 0.3) is 0 Å². The molecule has 0 rings (SSSR count). The highest BCUT2D eigenvalue weighted by molar-refractivity contribution is 5.85. The van der Waals surface area contributed by atoms with Gasteiger partial charge in [-0.3, -0.25) is 5.41 Å². The third-order valence-corrected chi connectivity index (χ3v) is 1.34. The SMILES string of the molecule is C=CCOC(=O)N(C)CC(=N)OCC.Cl. The first kappa shape index (κ1) is 16.2. The first-order chi connectivity index (χ1) is 6.61. The molecule has 88 valence electrons. The van der Waals surface area contributed by atoms with Crippen LogP contribution in [0.3, 0.4) is 0 Å². The molecule has 0 fully saturated rings. The van der Waals surface area contributed by atoms with Crippen molar-refractivity contribution in [1.29, 1.82) is 5.41 Å². The van der Waals surface area contributed by atoms with E-state index in [4.69, 9.17) is 14.9 Å². The van der Waals surface area contributed by atoms with Gasteiger partial charge in [-0.05, 0) is 6.92 Å². The molecular formula is C9H17ClN2O3. The zero-order chi connectivity index (χ0) is 11.0. The van der Waals surface area contributed by atoms with Crippen molar-refractivity contribution in [2.24, 2.45) is 0 Å². The van der Waals surface area contributed by atoms with Crippen LogP contribution < -0.4 is 0 Å². The van der Waals surface area contributed by atoms with Crippen LogP contribution >= 0.6 is 12.4 Å². The van der Waals surface area contributed by atoms with Crippen LogP contribution in [0.5, 0.6) is 0 Å². The number of carbonyl (C=O) groups excluding carboxylic acids is 1. The number of likely N-dealkylation sites (N-methyl/N-ethyl adjacent to an activating group) is 1. The standard InChI is InChI=1S/C9H16N2O3.ClH/c1-4-6-14-9(12)11(3)7-8(10)13-5-2;/h4,10H,1,5-7H2,2-3H3;1H. The van der Waals surface area contributed by atoms with E-state index in [2.05, 4.69) is 6.58 Å². The molecule has 1 amide bonds. The first-order valence-corrected chi connectivity index (χ1v) is 4.30. The van der Waals surface area contributed by atoms with Crippen LogP contribution in [0.1, 0.15) is 6.92 Å². The molecule has 0 aliphatic carbocycles. The Morgan fingerprint density at radius 1 is 1.53 bits per heavy atom. The van der Waals surface area contributed by atoms with Gasteiger partial charge in [0.05, 0.1) is 13.2 Å². The van der Waals surface area contributed by atoms with Crippen molar-refractivity contribution in [3.8, 4) is 0 Å². The van der Waals surface area contributed by atoms with E-state index < -0.39 is 6.09 Å². The lowest BCUT2D eigenvalue weighted by Crippen LogP contribution is -2.33. The Bertz CT molecular complexity index is 221. The predicted octanol–water partition coefficient (Wildman–Crippen LogP) is 1.68. The molecule has 0 aliphatic rings. The highest BCUT2D eigenvalue weighted by Gasteiger charge is 2.11. The predicted molar refractivity (Wildman–Crippen MR) is 60.8 cm³/mol. The largest absolute Gasteiger partial charge is 0.480 e. The van der Waals surface area contributed by atoms with Gasteiger partial charge < -0.3 is 14.4 Å². The van der Waals surface area contributed by atoms with Gasteiger partial charge in [0.15, 0.2) is 0 Å². The van der Waals surface area contributed by atoms with Gasteiger partial charge in [0.1, 0.15) is 6.61 Å². The Morgan fingerprint density at radius 2 is 2.13 bits per heavy atom. The van der Waals surface area contributed by atoms with E-state index in [1.165, 1.54) is 11.0 Å². The van der Waals surface area contributed by atoms with Crippen LogP contribution in [0.4, 0.5) is 4.79 Å². The molecule has 0 atom stereocenters. The van der Waals surface area contributed by atoms with Gasteiger partial charge >= 0.3 is 6.09 Å². The molecule has 5 nitrogen and oxygen atoms in total. The molecule has 1 N–H and O–H groups in total. The molecule has 15 heavy (non-hydrogen) atoms. The van der Waals surface area contributed by atoms with Gasteiger partial charge in [-0.25, -0.2) is 4.79 Å². The zero-order valence-corrected chi connectivity index (χ0v) is 9.80. The molecule has 0 bridgehead atoms. The quantitative estimate of drug-likeness (QED) is 0.449. The molecule has 6 heteroatoms. The third kappa shape index (κ3) is 7.81. The van der Waals surface area contributed by atoms with Crippen LogP contribution in [0, 0.1) is 5.41 Å². The minimum atomic E-state index is -0.491. The van der Waals surface area contributed by atoms with E-state index >= 15 is 0 Å². The maximum Gasteiger partial charge on any atom is 0.410 e. The molecule has 0 radical (unpaired) electrons. The summed E-state index contributed by atoms with van der Waals surface area (Å²) in [5, 5.41) is 7.30. The summed E-state index contributed by atoms with van der Waals surface area (Å²) in [5.74, 6) is 0.0468. The number of nitrogens with zero attached hydrogens (tertiary/aromatic N) is 1. The van der Waals surface area contributed by atoms with E-state index in [0.29, 0.717) is 6.61 Å². The van der Waals surface area contributed by atoms with Gasteiger partial charge in [-0.15, -0.1) is 12.4 Å². The summed E-state index contributed by atoms with van der Waals surface area (Å²) < 4.78 is 9.63. The van der Waals surface area contributed by atoms with Crippen molar-refractivity contribution >= 4 is 24.4 Å². The van der Waals surface area contributed by atoms with Crippen molar-refractivity contribution < 1.29 is 14.3 Å². The highest BCUT2D eigenvalue weighted by atomic mass is 35.5. The minimum absolute atomic E-state index is 0. The van der Waals surface area contributed by atoms with Crippen molar-refractivity contribution in [3.05, 3.63) is 12.7 Å². The monoisotopic (exact) mass is 236 g/mol. The number of halogens is 1. The van der Waals surface area contributed by atoms with Crippen LogP contribution in [-0.2, 0) is 9.47 Å². The zero-order valence-electron chi connectivity index (χ0n) is 8.99. The maximum atomic E-state index is 11.1.